The first kappa shape index (κ1) is 20.0. The first-order valence-electron chi connectivity index (χ1n) is 7.41. The van der Waals surface area contributed by atoms with Crippen molar-refractivity contribution in [3.05, 3.63) is 52.6 Å². The monoisotopic (exact) mass is 396 g/mol. The maximum absolute atomic E-state index is 13.0. The molecule has 0 spiro atoms. The maximum Gasteiger partial charge on any atom is 0.324 e. The fourth-order valence-corrected chi connectivity index (χ4v) is 3.75. The first-order valence-corrected chi connectivity index (χ1v) is 8.85. The number of anilines is 1. The number of carboxylic acids is 1. The second kappa shape index (κ2) is 7.91. The Labute approximate surface area is 154 Å². The molecule has 0 aliphatic heterocycles. The Hall–Kier alpha value is -3.34. The number of hydrogen-bond acceptors (Lipinski definition) is 7. The largest absolute Gasteiger partial charge is 0.493 e. The minimum atomic E-state index is -4.40. The zero-order chi connectivity index (χ0) is 20.2. The van der Waals surface area contributed by atoms with Crippen molar-refractivity contribution < 1.29 is 32.7 Å². The van der Waals surface area contributed by atoms with Crippen LogP contribution in [-0.2, 0) is 14.8 Å². The van der Waals surface area contributed by atoms with Crippen molar-refractivity contribution in [3.8, 4) is 11.5 Å². The third-order valence-corrected chi connectivity index (χ3v) is 5.32. The van der Waals surface area contributed by atoms with Gasteiger partial charge in [0.2, 0.25) is 0 Å². The lowest BCUT2D eigenvalue weighted by molar-refractivity contribution is -0.385. The van der Waals surface area contributed by atoms with Gasteiger partial charge in [0.1, 0.15) is 6.54 Å². The van der Waals surface area contributed by atoms with Gasteiger partial charge in [0.25, 0.3) is 15.7 Å². The molecule has 0 aliphatic rings. The average molecular weight is 396 g/mol. The van der Waals surface area contributed by atoms with Crippen molar-refractivity contribution in [1.82, 2.24) is 0 Å². The number of nitrogens with zero attached hydrogens (tertiary/aromatic N) is 2. The Morgan fingerprint density at radius 1 is 1.15 bits per heavy atom. The molecule has 10 nitrogen and oxygen atoms in total. The molecule has 0 bridgehead atoms. The van der Waals surface area contributed by atoms with Crippen LogP contribution in [0.15, 0.2) is 47.4 Å². The predicted octanol–water partition coefficient (Wildman–Crippen LogP) is 1.89. The second-order valence-corrected chi connectivity index (χ2v) is 7.06. The van der Waals surface area contributed by atoms with Gasteiger partial charge in [-0.3, -0.25) is 19.2 Å². The molecule has 0 radical (unpaired) electrons. The fraction of sp³-hybridized carbons (Fsp3) is 0.188. The summed E-state index contributed by atoms with van der Waals surface area (Å²) in [5, 5.41) is 20.1. The number of hydrogen-bond donors (Lipinski definition) is 1. The fourth-order valence-electron chi connectivity index (χ4n) is 2.30. The number of sulfonamides is 1. The summed E-state index contributed by atoms with van der Waals surface area (Å²) in [5.41, 5.74) is -0.430. The maximum atomic E-state index is 13.0. The third-order valence-electron chi connectivity index (χ3n) is 3.55. The molecular weight excluding hydrogens is 380 g/mol. The van der Waals surface area contributed by atoms with Gasteiger partial charge < -0.3 is 14.6 Å². The number of methoxy groups -OCH3 is 2. The number of aliphatic carboxylic acids is 1. The highest BCUT2D eigenvalue weighted by Crippen LogP contribution is 2.34. The number of carbonyl (C=O) groups is 1. The summed E-state index contributed by atoms with van der Waals surface area (Å²) >= 11 is 0. The molecule has 144 valence electrons. The Kier molecular flexibility index (Phi) is 5.85. The minimum absolute atomic E-state index is 0.00144. The smallest absolute Gasteiger partial charge is 0.324 e. The van der Waals surface area contributed by atoms with Gasteiger partial charge in [-0.15, -0.1) is 0 Å². The molecule has 0 unspecified atom stereocenters. The highest BCUT2D eigenvalue weighted by atomic mass is 32.2. The number of carboxylic acid groups (broad SMARTS) is 1. The Morgan fingerprint density at radius 3 is 2.37 bits per heavy atom. The number of nitro benzene ring substituents is 1. The van der Waals surface area contributed by atoms with E-state index in [-0.39, 0.29) is 11.4 Å². The van der Waals surface area contributed by atoms with Crippen LogP contribution < -0.4 is 13.8 Å². The van der Waals surface area contributed by atoms with Gasteiger partial charge in [-0.2, -0.15) is 0 Å². The zero-order valence-electron chi connectivity index (χ0n) is 14.4. The van der Waals surface area contributed by atoms with Crippen molar-refractivity contribution in [2.24, 2.45) is 0 Å². The number of benzene rings is 2. The quantitative estimate of drug-likeness (QED) is 0.528. The van der Waals surface area contributed by atoms with Crippen molar-refractivity contribution in [2.75, 3.05) is 25.1 Å². The molecule has 0 heterocycles. The average Bonchev–Trinajstić information content (AvgIpc) is 2.65. The Morgan fingerprint density at radius 2 is 1.81 bits per heavy atom. The van der Waals surface area contributed by atoms with E-state index in [1.807, 2.05) is 0 Å². The van der Waals surface area contributed by atoms with Gasteiger partial charge in [0.15, 0.2) is 11.5 Å². The molecule has 0 atom stereocenters. The van der Waals surface area contributed by atoms with Gasteiger partial charge in [0, 0.05) is 18.2 Å². The molecule has 11 heteroatoms. The van der Waals surface area contributed by atoms with Crippen molar-refractivity contribution >= 4 is 27.4 Å². The Bertz CT molecular complexity index is 974. The van der Waals surface area contributed by atoms with Gasteiger partial charge in [-0.25, -0.2) is 8.42 Å². The zero-order valence-corrected chi connectivity index (χ0v) is 15.2. The van der Waals surface area contributed by atoms with E-state index in [4.69, 9.17) is 14.6 Å². The van der Waals surface area contributed by atoms with E-state index in [1.54, 1.807) is 0 Å². The summed E-state index contributed by atoms with van der Waals surface area (Å²) in [6.07, 6.45) is 0. The summed E-state index contributed by atoms with van der Waals surface area (Å²) in [6, 6.07) is 8.43. The summed E-state index contributed by atoms with van der Waals surface area (Å²) in [7, 11) is -1.66. The predicted molar refractivity (Wildman–Crippen MR) is 94.8 cm³/mol. The minimum Gasteiger partial charge on any atom is -0.493 e. The van der Waals surface area contributed by atoms with E-state index in [0.717, 1.165) is 18.2 Å². The van der Waals surface area contributed by atoms with Crippen LogP contribution in [0.5, 0.6) is 11.5 Å². The van der Waals surface area contributed by atoms with Crippen LogP contribution in [0.3, 0.4) is 0 Å². The van der Waals surface area contributed by atoms with Crippen LogP contribution in [0.25, 0.3) is 0 Å². The third kappa shape index (κ3) is 4.26. The summed E-state index contributed by atoms with van der Waals surface area (Å²) in [4.78, 5) is 21.0. The lowest BCUT2D eigenvalue weighted by atomic mass is 10.2. The van der Waals surface area contributed by atoms with Crippen LogP contribution in [0.2, 0.25) is 0 Å². The topological polar surface area (TPSA) is 136 Å². The second-order valence-electron chi connectivity index (χ2n) is 5.20. The standard InChI is InChI=1S/C16H16N2O8S/c1-25-14-7-6-11(9-15(14)26-2)17(10-16(19)20)27(23,24)13-5-3-4-12(8-13)18(21)22/h3-9H,10H2,1-2H3,(H,19,20). The van der Waals surface area contributed by atoms with Crippen molar-refractivity contribution in [3.63, 3.8) is 0 Å². The molecule has 0 saturated heterocycles. The Balaban J connectivity index is 2.60. The number of nitro groups is 1. The van der Waals surface area contributed by atoms with E-state index in [9.17, 15) is 23.3 Å². The lowest BCUT2D eigenvalue weighted by Gasteiger charge is -2.23. The van der Waals surface area contributed by atoms with Crippen LogP contribution >= 0.6 is 0 Å². The SMILES string of the molecule is COc1ccc(N(CC(=O)O)S(=O)(=O)c2cccc([N+](=O)[O-])c2)cc1OC. The highest BCUT2D eigenvalue weighted by Gasteiger charge is 2.29. The molecule has 2 rings (SSSR count). The molecule has 2 aromatic rings. The van der Waals surface area contributed by atoms with E-state index in [2.05, 4.69) is 0 Å². The molecule has 0 amide bonds. The number of ether oxygens (including phenoxy) is 2. The molecule has 0 aliphatic carbocycles. The van der Waals surface area contributed by atoms with Crippen LogP contribution in [-0.4, -0.2) is 45.2 Å². The van der Waals surface area contributed by atoms with Crippen LogP contribution in [0.1, 0.15) is 0 Å². The summed E-state index contributed by atoms with van der Waals surface area (Å²) < 4.78 is 36.7. The van der Waals surface area contributed by atoms with Crippen molar-refractivity contribution in [1.29, 1.82) is 0 Å². The summed E-state index contributed by atoms with van der Waals surface area (Å²) in [5.74, 6) is -0.886. The molecule has 0 saturated carbocycles. The highest BCUT2D eigenvalue weighted by molar-refractivity contribution is 7.92. The number of non-ortho nitro benzene ring substituents is 1. The van der Waals surface area contributed by atoms with E-state index in [0.29, 0.717) is 10.1 Å². The van der Waals surface area contributed by atoms with Gasteiger partial charge >= 0.3 is 5.97 Å². The molecule has 0 aromatic heterocycles. The normalized spacial score (nSPS) is 10.9. The van der Waals surface area contributed by atoms with Gasteiger partial charge in [-0.05, 0) is 18.2 Å². The molecule has 0 fully saturated rings. The van der Waals surface area contributed by atoms with Crippen molar-refractivity contribution in [2.45, 2.75) is 4.90 Å². The van der Waals surface area contributed by atoms with Gasteiger partial charge in [0.05, 0.1) is 29.7 Å². The first-order chi connectivity index (χ1) is 12.7. The van der Waals surface area contributed by atoms with E-state index in [1.165, 1.54) is 38.5 Å². The molecular formula is C16H16N2O8S. The summed E-state index contributed by atoms with van der Waals surface area (Å²) in [6.45, 7) is -0.888. The molecule has 27 heavy (non-hydrogen) atoms. The molecule has 2 aromatic carbocycles. The van der Waals surface area contributed by atoms with E-state index >= 15 is 0 Å². The van der Waals surface area contributed by atoms with E-state index < -0.39 is 38.0 Å². The lowest BCUT2D eigenvalue weighted by Crippen LogP contribution is -2.35. The molecule has 1 N–H and O–H groups in total. The van der Waals surface area contributed by atoms with Crippen LogP contribution in [0.4, 0.5) is 11.4 Å². The number of rotatable bonds is 8. The van der Waals surface area contributed by atoms with Gasteiger partial charge in [-0.1, -0.05) is 6.07 Å². The van der Waals surface area contributed by atoms with Crippen LogP contribution in [0, 0.1) is 10.1 Å².